The molecule has 0 aliphatic heterocycles. The van der Waals surface area contributed by atoms with Gasteiger partial charge in [0.15, 0.2) is 6.10 Å². The summed E-state index contributed by atoms with van der Waals surface area (Å²) >= 11 is 0. The lowest BCUT2D eigenvalue weighted by atomic mass is 10.1. The Hall–Kier alpha value is -2.63. The highest BCUT2D eigenvalue weighted by Gasteiger charge is 2.19. The van der Waals surface area contributed by atoms with Crippen LogP contribution in [-0.2, 0) is 28.6 Å². The van der Waals surface area contributed by atoms with Gasteiger partial charge in [-0.15, -0.1) is 0 Å². The fourth-order valence-electron chi connectivity index (χ4n) is 8.70. The van der Waals surface area contributed by atoms with Crippen LogP contribution in [0.25, 0.3) is 0 Å². The van der Waals surface area contributed by atoms with Crippen LogP contribution in [0.3, 0.4) is 0 Å². The van der Waals surface area contributed by atoms with Crippen LogP contribution in [0, 0.1) is 0 Å². The van der Waals surface area contributed by atoms with Crippen molar-refractivity contribution in [3.63, 3.8) is 0 Å². The normalized spacial score (nSPS) is 12.3. The maximum Gasteiger partial charge on any atom is 0.306 e. The van der Waals surface area contributed by atoms with Gasteiger partial charge in [0.1, 0.15) is 13.2 Å². The van der Waals surface area contributed by atoms with Crippen LogP contribution < -0.4 is 0 Å². The van der Waals surface area contributed by atoms with E-state index in [1.54, 1.807) is 0 Å². The molecule has 0 spiro atoms. The minimum absolute atomic E-state index is 0.0779. The van der Waals surface area contributed by atoms with E-state index in [1.807, 2.05) is 0 Å². The number of carbonyl (C=O) groups excluding carboxylic acids is 3. The lowest BCUT2D eigenvalue weighted by molar-refractivity contribution is -0.167. The summed E-state index contributed by atoms with van der Waals surface area (Å²) in [5.74, 6) is -0.879. The molecule has 0 aliphatic carbocycles. The van der Waals surface area contributed by atoms with Crippen molar-refractivity contribution in [2.45, 2.75) is 322 Å². The fraction of sp³-hybridized carbons (Fsp3) is 0.825. The summed E-state index contributed by atoms with van der Waals surface area (Å²) in [6, 6.07) is 0. The summed E-state index contributed by atoms with van der Waals surface area (Å²) < 4.78 is 16.9. The van der Waals surface area contributed by atoms with Crippen molar-refractivity contribution in [1.82, 2.24) is 0 Å². The second kappa shape index (κ2) is 57.9. The van der Waals surface area contributed by atoms with Crippen molar-refractivity contribution in [3.8, 4) is 0 Å². The average Bonchev–Trinajstić information content (AvgIpc) is 3.35. The van der Waals surface area contributed by atoms with Crippen molar-refractivity contribution in [1.29, 1.82) is 0 Å². The Labute approximate surface area is 428 Å². The standard InChI is InChI=1S/C63H114O6/c1-4-7-10-13-16-19-22-25-28-30-32-34-35-38-41-44-47-50-53-56-62(65)68-59-60(58-67-61(64)55-52-49-46-43-40-37-27-24-21-18-15-12-9-6-3)69-63(66)57-54-51-48-45-42-39-36-33-31-29-26-23-20-17-14-11-8-5-2/h16,19,24-25,27-29,31,60H,4-15,17-18,20-23,26,30,32-59H2,1-3H3/b19-16-,27-24-,28-25-,31-29-. The molecule has 0 bridgehead atoms. The Morgan fingerprint density at radius 3 is 0.841 bits per heavy atom. The number of carbonyl (C=O) groups is 3. The smallest absolute Gasteiger partial charge is 0.306 e. The second-order valence-electron chi connectivity index (χ2n) is 20.2. The lowest BCUT2D eigenvalue weighted by Crippen LogP contribution is -2.30. The summed E-state index contributed by atoms with van der Waals surface area (Å²) in [5, 5.41) is 0. The zero-order chi connectivity index (χ0) is 50.0. The maximum absolute atomic E-state index is 12.9. The minimum Gasteiger partial charge on any atom is -0.462 e. The molecule has 0 aromatic heterocycles. The van der Waals surface area contributed by atoms with Gasteiger partial charge in [-0.2, -0.15) is 0 Å². The predicted molar refractivity (Wildman–Crippen MR) is 298 cm³/mol. The third-order valence-corrected chi connectivity index (χ3v) is 13.3. The summed E-state index contributed by atoms with van der Waals surface area (Å²) in [6.07, 6.45) is 71.0. The van der Waals surface area contributed by atoms with Crippen molar-refractivity contribution in [2.24, 2.45) is 0 Å². The topological polar surface area (TPSA) is 78.9 Å². The zero-order valence-electron chi connectivity index (χ0n) is 46.1. The molecule has 0 saturated carbocycles. The van der Waals surface area contributed by atoms with Crippen molar-refractivity contribution in [3.05, 3.63) is 48.6 Å². The van der Waals surface area contributed by atoms with Crippen LogP contribution in [-0.4, -0.2) is 37.2 Å². The first-order valence-electron chi connectivity index (χ1n) is 30.1. The highest BCUT2D eigenvalue weighted by Crippen LogP contribution is 2.16. The highest BCUT2D eigenvalue weighted by atomic mass is 16.6. The number of rotatable bonds is 55. The van der Waals surface area contributed by atoms with Gasteiger partial charge in [-0.1, -0.05) is 243 Å². The summed E-state index contributed by atoms with van der Waals surface area (Å²) in [7, 11) is 0. The van der Waals surface area contributed by atoms with Crippen molar-refractivity contribution >= 4 is 17.9 Å². The molecule has 0 N–H and O–H groups in total. The highest BCUT2D eigenvalue weighted by molar-refractivity contribution is 5.71. The van der Waals surface area contributed by atoms with Gasteiger partial charge in [0.2, 0.25) is 0 Å². The molecule has 0 rings (SSSR count). The SMILES string of the molecule is CCCCC/C=C\C/C=C\CCCCCCCCCCCC(=O)OCC(COC(=O)CCCCCCC/C=C\CCCCCCC)OC(=O)CCCCCCCCC/C=C\CCCCCCCCC. The number of unbranched alkanes of at least 4 members (excludes halogenated alkanes) is 36. The Morgan fingerprint density at radius 2 is 0.522 bits per heavy atom. The Morgan fingerprint density at radius 1 is 0.290 bits per heavy atom. The van der Waals surface area contributed by atoms with Crippen LogP contribution in [0.15, 0.2) is 48.6 Å². The van der Waals surface area contributed by atoms with Crippen LogP contribution in [0.1, 0.15) is 316 Å². The molecule has 69 heavy (non-hydrogen) atoms. The minimum atomic E-state index is -0.780. The molecule has 0 aromatic rings. The molecule has 0 radical (unpaired) electrons. The van der Waals surface area contributed by atoms with Gasteiger partial charge in [-0.3, -0.25) is 14.4 Å². The van der Waals surface area contributed by atoms with E-state index in [0.717, 1.165) is 70.6 Å². The van der Waals surface area contributed by atoms with E-state index in [9.17, 15) is 14.4 Å². The first-order chi connectivity index (χ1) is 34.0. The number of ether oxygens (including phenoxy) is 3. The van der Waals surface area contributed by atoms with E-state index in [2.05, 4.69) is 69.4 Å². The Bertz CT molecular complexity index is 1200. The second-order valence-corrected chi connectivity index (χ2v) is 20.2. The molecule has 0 amide bonds. The lowest BCUT2D eigenvalue weighted by Gasteiger charge is -2.18. The van der Waals surface area contributed by atoms with Crippen LogP contribution in [0.4, 0.5) is 0 Å². The van der Waals surface area contributed by atoms with Crippen molar-refractivity contribution < 1.29 is 28.6 Å². The number of allylic oxidation sites excluding steroid dienone is 8. The van der Waals surface area contributed by atoms with Crippen molar-refractivity contribution in [2.75, 3.05) is 13.2 Å². The molecule has 0 saturated heterocycles. The molecule has 1 atom stereocenters. The number of esters is 3. The zero-order valence-corrected chi connectivity index (χ0v) is 46.1. The molecule has 6 heteroatoms. The van der Waals surface area contributed by atoms with Gasteiger partial charge in [0.25, 0.3) is 0 Å². The third-order valence-electron chi connectivity index (χ3n) is 13.3. The van der Waals surface area contributed by atoms with E-state index in [0.29, 0.717) is 19.3 Å². The molecule has 0 fully saturated rings. The Kier molecular flexibility index (Phi) is 55.7. The molecule has 1 unspecified atom stereocenters. The maximum atomic E-state index is 12.9. The molecular formula is C63H114O6. The van der Waals surface area contributed by atoms with Gasteiger partial charge in [-0.25, -0.2) is 0 Å². The largest absolute Gasteiger partial charge is 0.462 e. The van der Waals surface area contributed by atoms with Crippen LogP contribution in [0.5, 0.6) is 0 Å². The quantitative estimate of drug-likeness (QED) is 0.0262. The van der Waals surface area contributed by atoms with Gasteiger partial charge >= 0.3 is 17.9 Å². The van der Waals surface area contributed by atoms with Gasteiger partial charge in [-0.05, 0) is 103 Å². The number of hydrogen-bond acceptors (Lipinski definition) is 6. The summed E-state index contributed by atoms with van der Waals surface area (Å²) in [4.78, 5) is 38.2. The molecule has 0 aromatic carbocycles. The summed E-state index contributed by atoms with van der Waals surface area (Å²) in [5.41, 5.74) is 0. The fourth-order valence-corrected chi connectivity index (χ4v) is 8.70. The molecule has 6 nitrogen and oxygen atoms in total. The molecule has 402 valence electrons. The summed E-state index contributed by atoms with van der Waals surface area (Å²) in [6.45, 7) is 6.63. The molecule has 0 heterocycles. The van der Waals surface area contributed by atoms with E-state index in [4.69, 9.17) is 14.2 Å². The van der Waals surface area contributed by atoms with Gasteiger partial charge < -0.3 is 14.2 Å². The van der Waals surface area contributed by atoms with Crippen LogP contribution in [0.2, 0.25) is 0 Å². The molecule has 0 aliphatic rings. The van der Waals surface area contributed by atoms with E-state index in [-0.39, 0.29) is 31.1 Å². The van der Waals surface area contributed by atoms with Gasteiger partial charge in [0, 0.05) is 19.3 Å². The Balaban J connectivity index is 4.36. The van der Waals surface area contributed by atoms with E-state index in [1.165, 1.54) is 205 Å². The van der Waals surface area contributed by atoms with E-state index >= 15 is 0 Å². The van der Waals surface area contributed by atoms with Gasteiger partial charge in [0.05, 0.1) is 0 Å². The predicted octanol–water partition coefficient (Wildman–Crippen LogP) is 20.2. The first-order valence-corrected chi connectivity index (χ1v) is 30.1. The van der Waals surface area contributed by atoms with Crippen LogP contribution >= 0.6 is 0 Å². The number of hydrogen-bond donors (Lipinski definition) is 0. The molecular weight excluding hydrogens is 853 g/mol. The van der Waals surface area contributed by atoms with E-state index < -0.39 is 6.10 Å². The first kappa shape index (κ1) is 66.4. The third kappa shape index (κ3) is 56.2. The monoisotopic (exact) mass is 967 g/mol. The average molecular weight is 968 g/mol.